The van der Waals surface area contributed by atoms with E-state index in [1.54, 1.807) is 18.2 Å². The molecule has 1 aliphatic heterocycles. The number of nitrogens with zero attached hydrogens (tertiary/aromatic N) is 2. The Labute approximate surface area is 170 Å². The third-order valence-electron chi connectivity index (χ3n) is 4.37. The lowest BCUT2D eigenvalue weighted by atomic mass is 10.0. The second kappa shape index (κ2) is 7.89. The molecule has 0 aliphatic carbocycles. The molecule has 140 valence electrons. The smallest absolute Gasteiger partial charge is 0.321 e. The summed E-state index contributed by atoms with van der Waals surface area (Å²) in [7, 11) is 0. The Hall–Kier alpha value is -3.08. The number of para-hydroxylation sites is 1. The Morgan fingerprint density at radius 1 is 1.29 bits per heavy atom. The van der Waals surface area contributed by atoms with Crippen molar-refractivity contribution in [3.63, 3.8) is 0 Å². The van der Waals surface area contributed by atoms with Gasteiger partial charge in [0.2, 0.25) is 0 Å². The molecular weight excluding hydrogens is 396 g/mol. The molecule has 0 unspecified atom stereocenters. The monoisotopic (exact) mass is 410 g/mol. The fourth-order valence-electron chi connectivity index (χ4n) is 3.01. The number of carbonyl (C=O) groups excluding carboxylic acids is 1. The van der Waals surface area contributed by atoms with Crippen LogP contribution in [-0.4, -0.2) is 17.6 Å². The molecule has 0 radical (unpaired) electrons. The van der Waals surface area contributed by atoms with Gasteiger partial charge >= 0.3 is 6.03 Å². The number of nitrogens with one attached hydrogen (secondary N) is 2. The van der Waals surface area contributed by atoms with Crippen molar-refractivity contribution in [3.05, 3.63) is 64.0 Å². The molecular formula is C20H15ClN4O2S. The fraction of sp³-hybridized carbons (Fsp3) is 0.150. The molecule has 0 spiro atoms. The first kappa shape index (κ1) is 18.3. The molecule has 0 saturated heterocycles. The van der Waals surface area contributed by atoms with Gasteiger partial charge in [0.1, 0.15) is 5.75 Å². The second-order valence-electron chi connectivity index (χ2n) is 6.17. The van der Waals surface area contributed by atoms with Crippen LogP contribution >= 0.6 is 22.9 Å². The van der Waals surface area contributed by atoms with Crippen molar-refractivity contribution in [2.24, 2.45) is 0 Å². The van der Waals surface area contributed by atoms with Gasteiger partial charge in [-0.05, 0) is 18.2 Å². The zero-order valence-corrected chi connectivity index (χ0v) is 16.2. The highest BCUT2D eigenvalue weighted by Gasteiger charge is 2.25. The maximum atomic E-state index is 12.4. The maximum Gasteiger partial charge on any atom is 0.321 e. The van der Waals surface area contributed by atoms with E-state index >= 15 is 0 Å². The molecule has 3 aromatic rings. The van der Waals surface area contributed by atoms with E-state index in [1.807, 2.05) is 29.6 Å². The van der Waals surface area contributed by atoms with Gasteiger partial charge in [-0.25, -0.2) is 9.78 Å². The van der Waals surface area contributed by atoms with E-state index in [-0.39, 0.29) is 12.1 Å². The van der Waals surface area contributed by atoms with Crippen LogP contribution < -0.4 is 15.4 Å². The molecule has 1 aromatic heterocycles. The van der Waals surface area contributed by atoms with Gasteiger partial charge in [0.25, 0.3) is 0 Å². The zero-order valence-electron chi connectivity index (χ0n) is 14.6. The summed E-state index contributed by atoms with van der Waals surface area (Å²) in [5.41, 5.74) is 3.09. The quantitative estimate of drug-likeness (QED) is 0.637. The van der Waals surface area contributed by atoms with Crippen LogP contribution in [0, 0.1) is 11.3 Å². The predicted molar refractivity (Wildman–Crippen MR) is 109 cm³/mol. The van der Waals surface area contributed by atoms with Crippen molar-refractivity contribution >= 4 is 34.1 Å². The first-order valence-corrected chi connectivity index (χ1v) is 9.84. The fourth-order valence-corrected chi connectivity index (χ4v) is 3.96. The zero-order chi connectivity index (χ0) is 19.5. The number of thiazole rings is 1. The van der Waals surface area contributed by atoms with E-state index in [2.05, 4.69) is 21.7 Å². The summed E-state index contributed by atoms with van der Waals surface area (Å²) in [6, 6.07) is 14.2. The third kappa shape index (κ3) is 3.79. The Bertz CT molecular complexity index is 1060. The highest BCUT2D eigenvalue weighted by atomic mass is 35.5. The van der Waals surface area contributed by atoms with E-state index in [9.17, 15) is 4.79 Å². The summed E-state index contributed by atoms with van der Waals surface area (Å²) in [6.07, 6.45) is 0.662. The number of benzene rings is 2. The van der Waals surface area contributed by atoms with Gasteiger partial charge in [0, 0.05) is 22.9 Å². The van der Waals surface area contributed by atoms with Crippen LogP contribution in [0.3, 0.4) is 0 Å². The van der Waals surface area contributed by atoms with Gasteiger partial charge < -0.3 is 10.1 Å². The van der Waals surface area contributed by atoms with E-state index in [0.717, 1.165) is 16.8 Å². The van der Waals surface area contributed by atoms with Crippen LogP contribution in [0.1, 0.15) is 23.6 Å². The molecule has 2 amide bonds. The average Bonchev–Trinajstić information content (AvgIpc) is 3.17. The predicted octanol–water partition coefficient (Wildman–Crippen LogP) is 4.98. The first-order chi connectivity index (χ1) is 13.6. The summed E-state index contributed by atoms with van der Waals surface area (Å²) in [6.45, 7) is 0.488. The van der Waals surface area contributed by atoms with E-state index < -0.39 is 0 Å². The van der Waals surface area contributed by atoms with Crippen molar-refractivity contribution in [1.29, 1.82) is 5.26 Å². The molecule has 6 nitrogen and oxygen atoms in total. The number of urea groups is 1. The summed E-state index contributed by atoms with van der Waals surface area (Å²) in [4.78, 5) is 16.9. The topological polar surface area (TPSA) is 87.0 Å². The lowest BCUT2D eigenvalue weighted by Gasteiger charge is -2.27. The van der Waals surface area contributed by atoms with Crippen molar-refractivity contribution in [1.82, 2.24) is 10.3 Å². The molecule has 2 heterocycles. The lowest BCUT2D eigenvalue weighted by Crippen LogP contribution is -2.35. The van der Waals surface area contributed by atoms with E-state index in [1.165, 1.54) is 11.3 Å². The van der Waals surface area contributed by atoms with Crippen molar-refractivity contribution in [3.8, 4) is 23.1 Å². The average molecular weight is 411 g/mol. The number of carbonyl (C=O) groups is 1. The van der Waals surface area contributed by atoms with Crippen molar-refractivity contribution in [2.75, 3.05) is 11.9 Å². The number of ether oxygens (including phenoxy) is 1. The molecule has 8 heteroatoms. The maximum absolute atomic E-state index is 12.4. The highest BCUT2D eigenvalue weighted by molar-refractivity contribution is 7.14. The molecule has 1 aliphatic rings. The van der Waals surface area contributed by atoms with Crippen LogP contribution in [0.25, 0.3) is 11.3 Å². The van der Waals surface area contributed by atoms with Gasteiger partial charge in [-0.2, -0.15) is 5.26 Å². The highest BCUT2D eigenvalue weighted by Crippen LogP contribution is 2.37. The molecule has 2 aromatic carbocycles. The number of nitriles is 1. The van der Waals surface area contributed by atoms with E-state index in [0.29, 0.717) is 34.5 Å². The number of anilines is 1. The van der Waals surface area contributed by atoms with Crippen LogP contribution in [-0.2, 0) is 0 Å². The van der Waals surface area contributed by atoms with Crippen molar-refractivity contribution in [2.45, 2.75) is 12.5 Å². The van der Waals surface area contributed by atoms with Crippen LogP contribution in [0.15, 0.2) is 47.8 Å². The van der Waals surface area contributed by atoms with Crippen LogP contribution in [0.4, 0.5) is 9.93 Å². The number of halogens is 1. The largest absolute Gasteiger partial charge is 0.492 e. The number of amides is 2. The standard InChI is InChI=1S/C20H15ClN4O2S/c21-15-3-1-2-14-16(8-9-27-18(14)15)23-19(26)25-20-24-17(11-28-20)13-6-4-12(10-22)5-7-13/h1-7,11,16H,8-9H2,(H2,23,24,25,26)/t16-/m0/s1. The van der Waals surface area contributed by atoms with Gasteiger partial charge in [0.15, 0.2) is 5.13 Å². The van der Waals surface area contributed by atoms with Gasteiger partial charge in [-0.1, -0.05) is 35.9 Å². The molecule has 2 N–H and O–H groups in total. The summed E-state index contributed by atoms with van der Waals surface area (Å²) < 4.78 is 5.62. The Morgan fingerprint density at radius 2 is 2.11 bits per heavy atom. The summed E-state index contributed by atoms with van der Waals surface area (Å²) in [5.74, 6) is 0.623. The summed E-state index contributed by atoms with van der Waals surface area (Å²) >= 11 is 7.51. The van der Waals surface area contributed by atoms with E-state index in [4.69, 9.17) is 21.6 Å². The number of fused-ring (bicyclic) bond motifs is 1. The Kier molecular flexibility index (Phi) is 5.15. The SMILES string of the molecule is N#Cc1ccc(-c2csc(NC(=O)N[C@H]3CCOc4c(Cl)cccc43)n2)cc1. The molecule has 4 rings (SSSR count). The Morgan fingerprint density at radius 3 is 2.89 bits per heavy atom. The van der Waals surface area contributed by atoms with Gasteiger partial charge in [0.05, 0.1) is 35.0 Å². The first-order valence-electron chi connectivity index (χ1n) is 8.59. The minimum Gasteiger partial charge on any atom is -0.492 e. The van der Waals surface area contributed by atoms with Gasteiger partial charge in [-0.3, -0.25) is 5.32 Å². The molecule has 0 bridgehead atoms. The lowest BCUT2D eigenvalue weighted by molar-refractivity contribution is 0.232. The number of hydrogen-bond acceptors (Lipinski definition) is 5. The molecule has 0 fully saturated rings. The number of rotatable bonds is 3. The van der Waals surface area contributed by atoms with Crippen LogP contribution in [0.5, 0.6) is 5.75 Å². The minimum atomic E-state index is -0.335. The van der Waals surface area contributed by atoms with Crippen molar-refractivity contribution < 1.29 is 9.53 Å². The minimum absolute atomic E-state index is 0.180. The third-order valence-corrected chi connectivity index (χ3v) is 5.42. The molecule has 28 heavy (non-hydrogen) atoms. The van der Waals surface area contributed by atoms with Crippen LogP contribution in [0.2, 0.25) is 5.02 Å². The Balaban J connectivity index is 1.43. The number of hydrogen-bond donors (Lipinski definition) is 2. The molecule has 1 atom stereocenters. The normalized spacial score (nSPS) is 15.1. The summed E-state index contributed by atoms with van der Waals surface area (Å²) in [5, 5.41) is 17.5. The number of aromatic nitrogens is 1. The second-order valence-corrected chi connectivity index (χ2v) is 7.44. The van der Waals surface area contributed by atoms with Gasteiger partial charge in [-0.15, -0.1) is 11.3 Å². The molecule has 0 saturated carbocycles.